The van der Waals surface area contributed by atoms with Crippen molar-refractivity contribution in [3.8, 4) is 0 Å². The summed E-state index contributed by atoms with van der Waals surface area (Å²) in [7, 11) is 2.00. The highest BCUT2D eigenvalue weighted by molar-refractivity contribution is 9.10. The van der Waals surface area contributed by atoms with Gasteiger partial charge in [-0.1, -0.05) is 53.4 Å². The number of rotatable bonds is 3. The van der Waals surface area contributed by atoms with Crippen molar-refractivity contribution < 1.29 is 0 Å². The minimum atomic E-state index is 0.426. The summed E-state index contributed by atoms with van der Waals surface area (Å²) in [5, 5.41) is 0. The minimum Gasteiger partial charge on any atom is -0.370 e. The van der Waals surface area contributed by atoms with Gasteiger partial charge < -0.3 is 10.6 Å². The first kappa shape index (κ1) is 14.4. The van der Waals surface area contributed by atoms with Crippen LogP contribution in [0.4, 0.5) is 0 Å². The molecule has 1 fully saturated rings. The molecular weight excluding hydrogens is 302 g/mol. The number of aliphatic imine (C=N–C) groups is 1. The number of hydrogen-bond acceptors (Lipinski definition) is 1. The maximum absolute atomic E-state index is 6.11. The van der Waals surface area contributed by atoms with Crippen molar-refractivity contribution in [2.24, 2.45) is 10.7 Å². The molecule has 0 amide bonds. The Morgan fingerprint density at radius 2 is 2.00 bits per heavy atom. The zero-order chi connectivity index (χ0) is 13.7. The van der Waals surface area contributed by atoms with Crippen LogP contribution in [-0.4, -0.2) is 23.9 Å². The molecule has 0 radical (unpaired) electrons. The highest BCUT2D eigenvalue weighted by Crippen LogP contribution is 2.21. The molecule has 0 spiro atoms. The number of benzene rings is 1. The van der Waals surface area contributed by atoms with Gasteiger partial charge in [0.2, 0.25) is 0 Å². The minimum absolute atomic E-state index is 0.426. The van der Waals surface area contributed by atoms with E-state index in [0.717, 1.165) is 11.0 Å². The van der Waals surface area contributed by atoms with Crippen LogP contribution in [0.15, 0.2) is 33.7 Å². The summed E-state index contributed by atoms with van der Waals surface area (Å²) in [5.74, 6) is 0.655. The summed E-state index contributed by atoms with van der Waals surface area (Å²) < 4.78 is 1.12. The van der Waals surface area contributed by atoms with Crippen molar-refractivity contribution in [2.45, 2.75) is 44.7 Å². The summed E-state index contributed by atoms with van der Waals surface area (Å²) in [4.78, 5) is 6.69. The highest BCUT2D eigenvalue weighted by atomic mass is 79.9. The maximum Gasteiger partial charge on any atom is 0.191 e. The molecule has 0 aromatic heterocycles. The average molecular weight is 324 g/mol. The third kappa shape index (κ3) is 4.23. The first-order valence-corrected chi connectivity index (χ1v) is 7.74. The van der Waals surface area contributed by atoms with Crippen LogP contribution in [0.1, 0.15) is 37.7 Å². The smallest absolute Gasteiger partial charge is 0.191 e. The third-order valence-corrected chi connectivity index (χ3v) is 4.42. The van der Waals surface area contributed by atoms with Crippen molar-refractivity contribution in [1.82, 2.24) is 4.90 Å². The van der Waals surface area contributed by atoms with E-state index in [4.69, 9.17) is 5.73 Å². The van der Waals surface area contributed by atoms with E-state index >= 15 is 0 Å². The molecule has 2 rings (SSSR count). The quantitative estimate of drug-likeness (QED) is 0.683. The summed E-state index contributed by atoms with van der Waals surface area (Å²) in [6, 6.07) is 8.65. The van der Waals surface area contributed by atoms with Gasteiger partial charge in [-0.15, -0.1) is 0 Å². The van der Waals surface area contributed by atoms with Gasteiger partial charge in [-0.3, -0.25) is 0 Å². The lowest BCUT2D eigenvalue weighted by molar-refractivity contribution is 0.428. The molecule has 4 heteroatoms. The molecule has 3 nitrogen and oxygen atoms in total. The summed E-state index contributed by atoms with van der Waals surface area (Å²) >= 11 is 3.57. The molecule has 1 saturated carbocycles. The summed E-state index contributed by atoms with van der Waals surface area (Å²) in [6.45, 7) is 0.781. The number of guanidine groups is 1. The van der Waals surface area contributed by atoms with Crippen LogP contribution >= 0.6 is 15.9 Å². The Hall–Kier alpha value is -1.03. The van der Waals surface area contributed by atoms with Crippen LogP contribution in [-0.2, 0) is 6.54 Å². The van der Waals surface area contributed by atoms with Gasteiger partial charge in [0.15, 0.2) is 5.96 Å². The van der Waals surface area contributed by atoms with Crippen LogP contribution in [0, 0.1) is 0 Å². The molecule has 0 aliphatic heterocycles. The number of halogens is 1. The number of hydrogen-bond donors (Lipinski definition) is 1. The molecule has 104 valence electrons. The Labute approximate surface area is 124 Å². The van der Waals surface area contributed by atoms with Gasteiger partial charge in [-0.25, -0.2) is 4.99 Å². The molecule has 1 aromatic rings. The zero-order valence-corrected chi connectivity index (χ0v) is 13.1. The fraction of sp³-hybridized carbons (Fsp3) is 0.533. The monoisotopic (exact) mass is 323 g/mol. The Balaban J connectivity index is 1.96. The first-order chi connectivity index (χ1) is 9.16. The van der Waals surface area contributed by atoms with E-state index in [0.29, 0.717) is 12.0 Å². The van der Waals surface area contributed by atoms with Gasteiger partial charge in [0.1, 0.15) is 0 Å². The molecule has 1 aliphatic rings. The van der Waals surface area contributed by atoms with E-state index in [1.54, 1.807) is 0 Å². The van der Waals surface area contributed by atoms with E-state index in [9.17, 15) is 0 Å². The number of nitrogens with two attached hydrogens (primary N) is 1. The van der Waals surface area contributed by atoms with Crippen molar-refractivity contribution >= 4 is 21.9 Å². The average Bonchev–Trinajstić information content (AvgIpc) is 2.42. The lowest BCUT2D eigenvalue weighted by Gasteiger charge is -2.23. The fourth-order valence-electron chi connectivity index (χ4n) is 2.46. The maximum atomic E-state index is 6.11. The Morgan fingerprint density at radius 3 is 2.68 bits per heavy atom. The van der Waals surface area contributed by atoms with Crippen LogP contribution in [0.25, 0.3) is 0 Å². The second kappa shape index (κ2) is 6.94. The normalized spacial score (nSPS) is 17.5. The Bertz CT molecular complexity index is 439. The molecule has 2 N–H and O–H groups in total. The molecule has 1 aromatic carbocycles. The molecule has 1 aliphatic carbocycles. The van der Waals surface area contributed by atoms with Crippen LogP contribution in [0.5, 0.6) is 0 Å². The third-order valence-electron chi connectivity index (χ3n) is 3.65. The van der Waals surface area contributed by atoms with E-state index in [1.165, 1.54) is 37.7 Å². The van der Waals surface area contributed by atoms with Gasteiger partial charge in [0, 0.05) is 18.1 Å². The number of nitrogens with zero attached hydrogens (tertiary/aromatic N) is 2. The van der Waals surface area contributed by atoms with Gasteiger partial charge in [-0.2, -0.15) is 0 Å². The SMILES string of the molecule is CN(Cc1ccccc1Br)C(N)=NC1CCCCC1. The standard InChI is InChI=1S/C15H22BrN3/c1-19(11-12-7-5-6-10-14(12)16)15(17)18-13-8-3-2-4-9-13/h5-7,10,13H,2-4,8-9,11H2,1H3,(H2,17,18). The second-order valence-electron chi connectivity index (χ2n) is 5.23. The van der Waals surface area contributed by atoms with Crippen LogP contribution in [0.2, 0.25) is 0 Å². The topological polar surface area (TPSA) is 41.6 Å². The lowest BCUT2D eigenvalue weighted by Crippen LogP contribution is -2.35. The molecule has 19 heavy (non-hydrogen) atoms. The highest BCUT2D eigenvalue weighted by Gasteiger charge is 2.14. The fourth-order valence-corrected chi connectivity index (χ4v) is 2.87. The summed E-state index contributed by atoms with van der Waals surface area (Å²) in [5.41, 5.74) is 7.34. The van der Waals surface area contributed by atoms with E-state index in [-0.39, 0.29) is 0 Å². The zero-order valence-electron chi connectivity index (χ0n) is 11.5. The predicted octanol–water partition coefficient (Wildman–Crippen LogP) is 3.53. The molecule has 0 bridgehead atoms. The van der Waals surface area contributed by atoms with Crippen molar-refractivity contribution in [2.75, 3.05) is 7.05 Å². The van der Waals surface area contributed by atoms with Crippen molar-refractivity contribution in [1.29, 1.82) is 0 Å². The van der Waals surface area contributed by atoms with E-state index < -0.39 is 0 Å². The molecular formula is C15H22BrN3. The van der Waals surface area contributed by atoms with Crippen molar-refractivity contribution in [3.05, 3.63) is 34.3 Å². The molecule has 0 heterocycles. The van der Waals surface area contributed by atoms with Gasteiger partial charge >= 0.3 is 0 Å². The van der Waals surface area contributed by atoms with Crippen LogP contribution < -0.4 is 5.73 Å². The van der Waals surface area contributed by atoms with Gasteiger partial charge in [0.25, 0.3) is 0 Å². The van der Waals surface area contributed by atoms with Crippen molar-refractivity contribution in [3.63, 3.8) is 0 Å². The van der Waals surface area contributed by atoms with E-state index in [1.807, 2.05) is 24.1 Å². The van der Waals surface area contributed by atoms with Gasteiger partial charge in [-0.05, 0) is 24.5 Å². The van der Waals surface area contributed by atoms with Gasteiger partial charge in [0.05, 0.1) is 6.04 Å². The lowest BCUT2D eigenvalue weighted by atomic mass is 9.96. The Morgan fingerprint density at radius 1 is 1.32 bits per heavy atom. The van der Waals surface area contributed by atoms with Crippen LogP contribution in [0.3, 0.4) is 0 Å². The largest absolute Gasteiger partial charge is 0.370 e. The Kier molecular flexibility index (Phi) is 5.25. The second-order valence-corrected chi connectivity index (χ2v) is 6.08. The first-order valence-electron chi connectivity index (χ1n) is 6.94. The molecule has 0 saturated heterocycles. The molecule has 0 unspecified atom stereocenters. The molecule has 0 atom stereocenters. The predicted molar refractivity (Wildman–Crippen MR) is 84.1 cm³/mol. The van der Waals surface area contributed by atoms with E-state index in [2.05, 4.69) is 33.1 Å². The summed E-state index contributed by atoms with van der Waals surface area (Å²) in [6.07, 6.45) is 6.29.